The van der Waals surface area contributed by atoms with Gasteiger partial charge in [0.05, 0.1) is 13.2 Å². The SMILES string of the molecule is O=C(O)C(=O)NCC12COCC1C2. The first-order valence-corrected chi connectivity index (χ1v) is 4.23. The van der Waals surface area contributed by atoms with Crippen LogP contribution in [-0.4, -0.2) is 36.7 Å². The average molecular weight is 185 g/mol. The summed E-state index contributed by atoms with van der Waals surface area (Å²) in [5.41, 5.74) is 0.0606. The highest BCUT2D eigenvalue weighted by atomic mass is 16.5. The molecule has 0 aromatic rings. The number of carboxylic acids is 1. The van der Waals surface area contributed by atoms with Crippen molar-refractivity contribution in [1.29, 1.82) is 0 Å². The van der Waals surface area contributed by atoms with Crippen LogP contribution in [-0.2, 0) is 14.3 Å². The number of fused-ring (bicyclic) bond motifs is 1. The number of amides is 1. The van der Waals surface area contributed by atoms with Crippen molar-refractivity contribution in [2.24, 2.45) is 11.3 Å². The lowest BCUT2D eigenvalue weighted by molar-refractivity contribution is -0.150. The fourth-order valence-electron chi connectivity index (χ4n) is 1.85. The molecule has 0 radical (unpaired) electrons. The summed E-state index contributed by atoms with van der Waals surface area (Å²) < 4.78 is 5.20. The van der Waals surface area contributed by atoms with Crippen LogP contribution >= 0.6 is 0 Å². The Hall–Kier alpha value is -1.10. The van der Waals surface area contributed by atoms with Gasteiger partial charge in [0, 0.05) is 12.0 Å². The minimum Gasteiger partial charge on any atom is -0.474 e. The standard InChI is InChI=1S/C8H11NO4/c10-6(7(11)12)9-3-8-1-5(8)2-13-4-8/h5H,1-4H2,(H,9,10)(H,11,12). The van der Waals surface area contributed by atoms with Crippen LogP contribution in [0.15, 0.2) is 0 Å². The van der Waals surface area contributed by atoms with E-state index in [2.05, 4.69) is 5.32 Å². The van der Waals surface area contributed by atoms with E-state index in [1.807, 2.05) is 0 Å². The van der Waals surface area contributed by atoms with Gasteiger partial charge in [-0.25, -0.2) is 4.79 Å². The van der Waals surface area contributed by atoms with E-state index in [9.17, 15) is 9.59 Å². The molecule has 0 bridgehead atoms. The molecule has 1 saturated heterocycles. The largest absolute Gasteiger partial charge is 0.474 e. The summed E-state index contributed by atoms with van der Waals surface area (Å²) in [4.78, 5) is 20.9. The summed E-state index contributed by atoms with van der Waals surface area (Å²) in [6.45, 7) is 1.84. The third-order valence-electron chi connectivity index (χ3n) is 2.86. The molecule has 5 nitrogen and oxygen atoms in total. The lowest BCUT2D eigenvalue weighted by Gasteiger charge is -2.10. The molecule has 72 valence electrons. The Balaban J connectivity index is 1.80. The molecule has 2 atom stereocenters. The Bertz CT molecular complexity index is 265. The summed E-state index contributed by atoms with van der Waals surface area (Å²) in [5.74, 6) is -1.82. The topological polar surface area (TPSA) is 75.6 Å². The molecule has 2 rings (SSSR count). The zero-order valence-electron chi connectivity index (χ0n) is 7.08. The van der Waals surface area contributed by atoms with Crippen molar-refractivity contribution >= 4 is 11.9 Å². The molecule has 13 heavy (non-hydrogen) atoms. The molecular formula is C8H11NO4. The summed E-state index contributed by atoms with van der Waals surface area (Å²) in [6.07, 6.45) is 1.05. The third kappa shape index (κ3) is 1.39. The molecule has 5 heteroatoms. The van der Waals surface area contributed by atoms with Gasteiger partial charge >= 0.3 is 11.9 Å². The first-order valence-electron chi connectivity index (χ1n) is 4.23. The molecule has 0 spiro atoms. The van der Waals surface area contributed by atoms with E-state index < -0.39 is 11.9 Å². The number of aliphatic carboxylic acids is 1. The number of nitrogens with one attached hydrogen (secondary N) is 1. The lowest BCUT2D eigenvalue weighted by Crippen LogP contribution is -2.36. The summed E-state index contributed by atoms with van der Waals surface area (Å²) >= 11 is 0. The third-order valence-corrected chi connectivity index (χ3v) is 2.86. The molecule has 1 amide bonds. The Kier molecular flexibility index (Phi) is 1.76. The molecule has 0 aromatic heterocycles. The zero-order chi connectivity index (χ0) is 9.47. The van der Waals surface area contributed by atoms with Gasteiger partial charge in [-0.2, -0.15) is 0 Å². The van der Waals surface area contributed by atoms with Gasteiger partial charge < -0.3 is 15.2 Å². The van der Waals surface area contributed by atoms with E-state index in [4.69, 9.17) is 9.84 Å². The van der Waals surface area contributed by atoms with Crippen LogP contribution in [0.4, 0.5) is 0 Å². The highest BCUT2D eigenvalue weighted by molar-refractivity contribution is 6.31. The van der Waals surface area contributed by atoms with Gasteiger partial charge in [0.2, 0.25) is 0 Å². The van der Waals surface area contributed by atoms with Crippen molar-refractivity contribution in [1.82, 2.24) is 5.32 Å². The van der Waals surface area contributed by atoms with Gasteiger partial charge in [-0.3, -0.25) is 4.79 Å². The van der Waals surface area contributed by atoms with Crippen molar-refractivity contribution < 1.29 is 19.4 Å². The van der Waals surface area contributed by atoms with E-state index in [-0.39, 0.29) is 5.41 Å². The highest BCUT2D eigenvalue weighted by Crippen LogP contribution is 2.56. The normalized spacial score (nSPS) is 35.2. The second-order valence-electron chi connectivity index (χ2n) is 3.77. The molecule has 0 aromatic carbocycles. The maximum absolute atomic E-state index is 10.7. The lowest BCUT2D eigenvalue weighted by atomic mass is 10.1. The highest BCUT2D eigenvalue weighted by Gasteiger charge is 2.58. The fraction of sp³-hybridized carbons (Fsp3) is 0.750. The van der Waals surface area contributed by atoms with Crippen LogP contribution in [0, 0.1) is 11.3 Å². The Labute approximate surface area is 75.1 Å². The number of hydrogen-bond donors (Lipinski definition) is 2. The molecule has 1 saturated carbocycles. The van der Waals surface area contributed by atoms with Crippen molar-refractivity contribution in [3.8, 4) is 0 Å². The van der Waals surface area contributed by atoms with E-state index in [1.165, 1.54) is 0 Å². The van der Waals surface area contributed by atoms with E-state index in [0.717, 1.165) is 13.0 Å². The van der Waals surface area contributed by atoms with Gasteiger partial charge in [-0.1, -0.05) is 0 Å². The maximum atomic E-state index is 10.7. The molecule has 2 fully saturated rings. The van der Waals surface area contributed by atoms with Crippen molar-refractivity contribution in [3.05, 3.63) is 0 Å². The number of ether oxygens (including phenoxy) is 1. The van der Waals surface area contributed by atoms with E-state index in [0.29, 0.717) is 19.1 Å². The number of carboxylic acid groups (broad SMARTS) is 1. The second-order valence-corrected chi connectivity index (χ2v) is 3.77. The molecule has 1 aliphatic heterocycles. The summed E-state index contributed by atoms with van der Waals surface area (Å²) in [7, 11) is 0. The van der Waals surface area contributed by atoms with Crippen LogP contribution < -0.4 is 5.32 Å². The minimum absolute atomic E-state index is 0.0606. The second kappa shape index (κ2) is 2.70. The first kappa shape index (κ1) is 8.50. The van der Waals surface area contributed by atoms with Crippen LogP contribution in [0.25, 0.3) is 0 Å². The molecule has 2 unspecified atom stereocenters. The van der Waals surface area contributed by atoms with Gasteiger partial charge in [-0.15, -0.1) is 0 Å². The Morgan fingerprint density at radius 2 is 2.38 bits per heavy atom. The predicted molar refractivity (Wildman–Crippen MR) is 42.0 cm³/mol. The average Bonchev–Trinajstić information content (AvgIpc) is 2.65. The smallest absolute Gasteiger partial charge is 0.394 e. The fourth-order valence-corrected chi connectivity index (χ4v) is 1.85. The van der Waals surface area contributed by atoms with Gasteiger partial charge in [0.15, 0.2) is 0 Å². The van der Waals surface area contributed by atoms with Gasteiger partial charge in [-0.05, 0) is 12.3 Å². The monoisotopic (exact) mass is 185 g/mol. The Morgan fingerprint density at radius 1 is 1.62 bits per heavy atom. The molecule has 1 aliphatic carbocycles. The minimum atomic E-state index is -1.42. The molecule has 2 aliphatic rings. The summed E-state index contributed by atoms with van der Waals surface area (Å²) in [6, 6.07) is 0. The molecular weight excluding hydrogens is 174 g/mol. The summed E-state index contributed by atoms with van der Waals surface area (Å²) in [5, 5.41) is 10.7. The Morgan fingerprint density at radius 3 is 2.85 bits per heavy atom. The van der Waals surface area contributed by atoms with Crippen molar-refractivity contribution in [2.45, 2.75) is 6.42 Å². The van der Waals surface area contributed by atoms with Gasteiger partial charge in [0.25, 0.3) is 0 Å². The number of carbonyl (C=O) groups is 2. The number of rotatable bonds is 2. The number of carbonyl (C=O) groups excluding carboxylic acids is 1. The predicted octanol–water partition coefficient (Wildman–Crippen LogP) is -0.776. The zero-order valence-corrected chi connectivity index (χ0v) is 7.08. The van der Waals surface area contributed by atoms with Crippen LogP contribution in [0.3, 0.4) is 0 Å². The van der Waals surface area contributed by atoms with E-state index in [1.54, 1.807) is 0 Å². The molecule has 1 heterocycles. The van der Waals surface area contributed by atoms with Crippen LogP contribution in [0.1, 0.15) is 6.42 Å². The van der Waals surface area contributed by atoms with Crippen LogP contribution in [0.2, 0.25) is 0 Å². The quantitative estimate of drug-likeness (QED) is 0.553. The molecule has 2 N–H and O–H groups in total. The van der Waals surface area contributed by atoms with Gasteiger partial charge in [0.1, 0.15) is 0 Å². The van der Waals surface area contributed by atoms with Crippen molar-refractivity contribution in [2.75, 3.05) is 19.8 Å². The van der Waals surface area contributed by atoms with E-state index >= 15 is 0 Å². The first-order chi connectivity index (χ1) is 6.14. The number of hydrogen-bond acceptors (Lipinski definition) is 3. The maximum Gasteiger partial charge on any atom is 0.394 e. The van der Waals surface area contributed by atoms with Crippen LogP contribution in [0.5, 0.6) is 0 Å². The van der Waals surface area contributed by atoms with Crippen molar-refractivity contribution in [3.63, 3.8) is 0 Å².